The summed E-state index contributed by atoms with van der Waals surface area (Å²) in [6.07, 6.45) is 0. The molecule has 0 radical (unpaired) electrons. The number of fused-ring (bicyclic) bond motifs is 1. The van der Waals surface area contributed by atoms with E-state index in [4.69, 9.17) is 9.15 Å². The maximum atomic E-state index is 12.2. The molecule has 23 heavy (non-hydrogen) atoms. The normalized spacial score (nSPS) is 10.8. The number of benzene rings is 2. The summed E-state index contributed by atoms with van der Waals surface area (Å²) in [4.78, 5) is 17.2. The van der Waals surface area contributed by atoms with Gasteiger partial charge < -0.3 is 9.15 Å². The summed E-state index contributed by atoms with van der Waals surface area (Å²) in [6, 6.07) is 18.3. The Balaban J connectivity index is 1.73. The highest BCUT2D eigenvalue weighted by molar-refractivity contribution is 7.12. The zero-order chi connectivity index (χ0) is 15.6. The van der Waals surface area contributed by atoms with E-state index < -0.39 is 0 Å². The first-order valence-corrected chi connectivity index (χ1v) is 7.90. The molecule has 2 heterocycles. The third kappa shape index (κ3) is 2.62. The number of rotatable bonds is 3. The van der Waals surface area contributed by atoms with E-state index in [1.165, 1.54) is 11.3 Å². The zero-order valence-electron chi connectivity index (χ0n) is 11.9. The molecule has 0 N–H and O–H groups in total. The van der Waals surface area contributed by atoms with Gasteiger partial charge in [-0.3, -0.25) is 0 Å². The molecule has 0 atom stereocenters. The second-order valence-corrected chi connectivity index (χ2v) is 5.80. The van der Waals surface area contributed by atoms with Crippen molar-refractivity contribution in [3.8, 4) is 17.2 Å². The topological polar surface area (TPSA) is 52.3 Å². The smallest absolute Gasteiger partial charge is 0.353 e. The van der Waals surface area contributed by atoms with Crippen LogP contribution in [0.3, 0.4) is 0 Å². The van der Waals surface area contributed by atoms with Crippen molar-refractivity contribution in [1.29, 1.82) is 0 Å². The molecule has 2 aromatic carbocycles. The van der Waals surface area contributed by atoms with Gasteiger partial charge in [0.05, 0.1) is 5.56 Å². The molecule has 0 amide bonds. The molecular formula is C18H11NO3S. The molecule has 0 unspecified atom stereocenters. The van der Waals surface area contributed by atoms with Crippen LogP contribution in [0.2, 0.25) is 0 Å². The van der Waals surface area contributed by atoms with Crippen LogP contribution < -0.4 is 4.74 Å². The van der Waals surface area contributed by atoms with E-state index in [9.17, 15) is 4.79 Å². The number of aromatic nitrogens is 1. The van der Waals surface area contributed by atoms with Gasteiger partial charge in [0, 0.05) is 0 Å². The molecule has 0 aliphatic rings. The van der Waals surface area contributed by atoms with Gasteiger partial charge in [0.2, 0.25) is 5.89 Å². The van der Waals surface area contributed by atoms with Crippen LogP contribution in [0.5, 0.6) is 5.75 Å². The number of carbonyl (C=O) groups is 1. The van der Waals surface area contributed by atoms with E-state index >= 15 is 0 Å². The minimum Gasteiger partial charge on any atom is -0.436 e. The zero-order valence-corrected chi connectivity index (χ0v) is 12.7. The van der Waals surface area contributed by atoms with Crippen LogP contribution in [0.15, 0.2) is 70.5 Å². The lowest BCUT2D eigenvalue weighted by atomic mass is 10.2. The van der Waals surface area contributed by atoms with Gasteiger partial charge >= 0.3 is 5.97 Å². The third-order valence-electron chi connectivity index (χ3n) is 3.34. The van der Waals surface area contributed by atoms with Crippen molar-refractivity contribution in [3.63, 3.8) is 0 Å². The first-order chi connectivity index (χ1) is 11.3. The summed E-state index contributed by atoms with van der Waals surface area (Å²) in [5.41, 5.74) is 2.11. The average Bonchev–Trinajstić information content (AvgIpc) is 3.25. The van der Waals surface area contributed by atoms with Crippen LogP contribution >= 0.6 is 11.3 Å². The van der Waals surface area contributed by atoms with Crippen LogP contribution in [0.4, 0.5) is 0 Å². The van der Waals surface area contributed by atoms with Crippen molar-refractivity contribution in [2.45, 2.75) is 0 Å². The van der Waals surface area contributed by atoms with E-state index in [-0.39, 0.29) is 5.97 Å². The summed E-state index contributed by atoms with van der Waals surface area (Å²) < 4.78 is 11.3. The molecule has 2 aromatic heterocycles. The largest absolute Gasteiger partial charge is 0.436 e. The number of ether oxygens (including phenoxy) is 1. The Morgan fingerprint density at radius 1 is 1.00 bits per heavy atom. The highest BCUT2D eigenvalue weighted by Crippen LogP contribution is 2.32. The number of carbonyl (C=O) groups excluding carboxylic acids is 1. The molecule has 4 rings (SSSR count). The Morgan fingerprint density at radius 2 is 1.83 bits per heavy atom. The monoisotopic (exact) mass is 321 g/mol. The number of oxazole rings is 1. The van der Waals surface area contributed by atoms with E-state index in [0.717, 1.165) is 5.52 Å². The molecule has 0 bridgehead atoms. The van der Waals surface area contributed by atoms with Crippen LogP contribution in [-0.4, -0.2) is 11.0 Å². The Morgan fingerprint density at radius 3 is 2.65 bits per heavy atom. The van der Waals surface area contributed by atoms with E-state index in [1.54, 1.807) is 12.1 Å². The fraction of sp³-hybridized carbons (Fsp3) is 0. The summed E-state index contributed by atoms with van der Waals surface area (Å²) in [7, 11) is 0. The van der Waals surface area contributed by atoms with Crippen LogP contribution in [0.25, 0.3) is 22.6 Å². The Bertz CT molecular complexity index is 940. The van der Waals surface area contributed by atoms with Gasteiger partial charge in [0.15, 0.2) is 5.58 Å². The summed E-state index contributed by atoms with van der Waals surface area (Å²) in [6.45, 7) is 0. The number of hydrogen-bond donors (Lipinski definition) is 0. The van der Waals surface area contributed by atoms with E-state index in [1.807, 2.05) is 53.9 Å². The summed E-state index contributed by atoms with van der Waals surface area (Å²) in [5.74, 6) is 0.474. The van der Waals surface area contributed by atoms with Gasteiger partial charge in [-0.25, -0.2) is 9.78 Å². The molecule has 4 nitrogen and oxygen atoms in total. The molecule has 4 aromatic rings. The Labute approximate surface area is 136 Å². The molecule has 0 aliphatic heterocycles. The lowest BCUT2D eigenvalue weighted by molar-refractivity contribution is 0.0740. The number of thiophene rings is 1. The van der Waals surface area contributed by atoms with Crippen LogP contribution in [-0.2, 0) is 0 Å². The quantitative estimate of drug-likeness (QED) is 0.403. The number of nitrogens with zero attached hydrogens (tertiary/aromatic N) is 1. The minimum atomic E-state index is -0.386. The van der Waals surface area contributed by atoms with Crippen molar-refractivity contribution in [3.05, 3.63) is 70.9 Å². The van der Waals surface area contributed by atoms with Crippen LogP contribution in [0, 0.1) is 0 Å². The van der Waals surface area contributed by atoms with E-state index in [2.05, 4.69) is 4.98 Å². The Hall–Kier alpha value is -2.92. The van der Waals surface area contributed by atoms with Gasteiger partial charge in [0.25, 0.3) is 0 Å². The molecule has 0 spiro atoms. The molecule has 0 aliphatic carbocycles. The minimum absolute atomic E-state index is 0.386. The molecule has 0 saturated carbocycles. The fourth-order valence-corrected chi connectivity index (χ4v) is 2.86. The second-order valence-electron chi connectivity index (χ2n) is 4.85. The van der Waals surface area contributed by atoms with Crippen molar-refractivity contribution < 1.29 is 13.9 Å². The molecule has 0 saturated heterocycles. The molecular weight excluding hydrogens is 310 g/mol. The van der Waals surface area contributed by atoms with Crippen molar-refractivity contribution in [2.75, 3.05) is 0 Å². The number of esters is 1. The van der Waals surface area contributed by atoms with Crippen molar-refractivity contribution in [1.82, 2.24) is 4.98 Å². The second kappa shape index (κ2) is 5.70. The van der Waals surface area contributed by atoms with E-state index in [0.29, 0.717) is 27.7 Å². The van der Waals surface area contributed by atoms with Gasteiger partial charge in [-0.05, 0) is 35.7 Å². The summed E-state index contributed by atoms with van der Waals surface area (Å²) >= 11 is 1.34. The average molecular weight is 321 g/mol. The third-order valence-corrected chi connectivity index (χ3v) is 4.19. The van der Waals surface area contributed by atoms with Gasteiger partial charge in [-0.15, -0.1) is 11.3 Å². The molecule has 112 valence electrons. The first-order valence-electron chi connectivity index (χ1n) is 7.02. The maximum Gasteiger partial charge on any atom is 0.353 e. The first kappa shape index (κ1) is 13.7. The fourth-order valence-electron chi connectivity index (χ4n) is 2.26. The predicted octanol–water partition coefficient (Wildman–Crippen LogP) is 4.78. The van der Waals surface area contributed by atoms with Gasteiger partial charge in [-0.2, -0.15) is 0 Å². The lowest BCUT2D eigenvalue weighted by Gasteiger charge is -2.06. The highest BCUT2D eigenvalue weighted by Gasteiger charge is 2.16. The van der Waals surface area contributed by atoms with Gasteiger partial charge in [-0.1, -0.05) is 30.3 Å². The molecule has 5 heteroatoms. The number of para-hydroxylation sites is 3. The highest BCUT2D eigenvalue weighted by atomic mass is 32.1. The Kier molecular flexibility index (Phi) is 3.40. The number of hydrogen-bond acceptors (Lipinski definition) is 5. The summed E-state index contributed by atoms with van der Waals surface area (Å²) in [5, 5.41) is 1.84. The van der Waals surface area contributed by atoms with Gasteiger partial charge in [0.1, 0.15) is 16.1 Å². The lowest BCUT2D eigenvalue weighted by Crippen LogP contribution is -2.07. The van der Waals surface area contributed by atoms with Crippen molar-refractivity contribution >= 4 is 28.4 Å². The SMILES string of the molecule is O=C(Oc1ccccc1-c1nc2ccccc2o1)c1cccs1. The molecule has 0 fully saturated rings. The predicted molar refractivity (Wildman–Crippen MR) is 88.7 cm³/mol. The standard InChI is InChI=1S/C18H11NO3S/c20-18(16-10-5-11-23-16)22-14-8-3-1-6-12(14)17-19-13-7-2-4-9-15(13)21-17/h1-11H. The maximum absolute atomic E-state index is 12.2. The van der Waals surface area contributed by atoms with Crippen LogP contribution in [0.1, 0.15) is 9.67 Å². The van der Waals surface area contributed by atoms with Crippen molar-refractivity contribution in [2.24, 2.45) is 0 Å².